The first-order valence-corrected chi connectivity index (χ1v) is 10.2. The highest BCUT2D eigenvalue weighted by Gasteiger charge is 2.49. The van der Waals surface area contributed by atoms with Gasteiger partial charge in [-0.2, -0.15) is 0 Å². The third-order valence-corrected chi connectivity index (χ3v) is 6.01. The Balaban J connectivity index is 1.92. The van der Waals surface area contributed by atoms with Crippen molar-refractivity contribution in [1.29, 1.82) is 0 Å². The molecular formula is C24H24FNO4. The van der Waals surface area contributed by atoms with E-state index < -0.39 is 23.5 Å². The second-order valence-electron chi connectivity index (χ2n) is 7.72. The van der Waals surface area contributed by atoms with Crippen molar-refractivity contribution in [1.82, 2.24) is 4.90 Å². The van der Waals surface area contributed by atoms with Gasteiger partial charge >= 0.3 is 0 Å². The molecule has 1 atom stereocenters. The number of rotatable bonds is 4. The van der Waals surface area contributed by atoms with E-state index in [1.54, 1.807) is 42.5 Å². The van der Waals surface area contributed by atoms with Gasteiger partial charge in [0.1, 0.15) is 17.3 Å². The molecule has 0 spiro atoms. The highest BCUT2D eigenvalue weighted by Crippen LogP contribution is 2.44. The Labute approximate surface area is 174 Å². The Bertz CT molecular complexity index is 1010. The average molecular weight is 409 g/mol. The van der Waals surface area contributed by atoms with Crippen LogP contribution < -0.4 is 4.74 Å². The third kappa shape index (κ3) is 3.36. The maximum atomic E-state index is 14.8. The number of hydrogen-bond acceptors (Lipinski definition) is 4. The molecule has 1 N–H and O–H groups in total. The van der Waals surface area contributed by atoms with Gasteiger partial charge in [-0.3, -0.25) is 9.59 Å². The van der Waals surface area contributed by atoms with Crippen molar-refractivity contribution < 1.29 is 23.8 Å². The molecule has 1 unspecified atom stereocenters. The van der Waals surface area contributed by atoms with Crippen molar-refractivity contribution >= 4 is 17.4 Å². The molecule has 0 radical (unpaired) electrons. The zero-order valence-electron chi connectivity index (χ0n) is 16.8. The van der Waals surface area contributed by atoms with E-state index in [-0.39, 0.29) is 22.9 Å². The normalized spacial score (nSPS) is 21.8. The Morgan fingerprint density at radius 2 is 1.70 bits per heavy atom. The van der Waals surface area contributed by atoms with E-state index >= 15 is 0 Å². The van der Waals surface area contributed by atoms with Gasteiger partial charge in [-0.25, -0.2) is 4.39 Å². The molecule has 2 aromatic carbocycles. The number of nitrogens with zero attached hydrogens (tertiary/aromatic N) is 1. The number of carbonyl (C=O) groups is 2. The summed E-state index contributed by atoms with van der Waals surface area (Å²) in [4.78, 5) is 27.7. The van der Waals surface area contributed by atoms with E-state index in [2.05, 4.69) is 0 Å². The van der Waals surface area contributed by atoms with Gasteiger partial charge in [0, 0.05) is 11.6 Å². The third-order valence-electron chi connectivity index (χ3n) is 6.01. The molecule has 2 aromatic rings. The van der Waals surface area contributed by atoms with Crippen molar-refractivity contribution in [2.45, 2.75) is 44.2 Å². The number of halogens is 1. The Kier molecular flexibility index (Phi) is 5.57. The minimum absolute atomic E-state index is 0.0971. The summed E-state index contributed by atoms with van der Waals surface area (Å²) in [6.45, 7) is 0. The maximum Gasteiger partial charge on any atom is 0.295 e. The van der Waals surface area contributed by atoms with Crippen molar-refractivity contribution in [3.63, 3.8) is 0 Å². The first kappa shape index (κ1) is 20.1. The van der Waals surface area contributed by atoms with Crippen molar-refractivity contribution in [3.8, 4) is 5.75 Å². The average Bonchev–Trinajstić information content (AvgIpc) is 3.04. The number of carbonyl (C=O) groups excluding carboxylic acids is 2. The quantitative estimate of drug-likeness (QED) is 0.456. The Morgan fingerprint density at radius 3 is 2.40 bits per heavy atom. The number of Topliss-reactive ketones (excluding diaryl/α,β-unsaturated/α-hetero) is 1. The minimum Gasteiger partial charge on any atom is -0.507 e. The molecule has 1 heterocycles. The highest BCUT2D eigenvalue weighted by molar-refractivity contribution is 6.46. The second kappa shape index (κ2) is 8.30. The van der Waals surface area contributed by atoms with Gasteiger partial charge in [0.25, 0.3) is 11.7 Å². The van der Waals surface area contributed by atoms with Crippen LogP contribution in [0.5, 0.6) is 5.75 Å². The summed E-state index contributed by atoms with van der Waals surface area (Å²) in [6.07, 6.45) is 4.49. The predicted molar refractivity (Wildman–Crippen MR) is 110 cm³/mol. The van der Waals surface area contributed by atoms with Crippen LogP contribution in [0.1, 0.15) is 49.3 Å². The molecule has 1 amide bonds. The molecule has 1 saturated heterocycles. The van der Waals surface area contributed by atoms with Crippen LogP contribution >= 0.6 is 0 Å². The monoisotopic (exact) mass is 409 g/mol. The highest BCUT2D eigenvalue weighted by atomic mass is 19.1. The molecule has 2 aliphatic rings. The van der Waals surface area contributed by atoms with E-state index in [1.807, 2.05) is 0 Å². The fourth-order valence-electron chi connectivity index (χ4n) is 4.57. The summed E-state index contributed by atoms with van der Waals surface area (Å²) < 4.78 is 20.2. The van der Waals surface area contributed by atoms with E-state index in [1.165, 1.54) is 18.1 Å². The molecule has 0 bridgehead atoms. The lowest BCUT2D eigenvalue weighted by atomic mass is 9.90. The van der Waals surface area contributed by atoms with E-state index in [0.717, 1.165) is 32.1 Å². The molecule has 1 saturated carbocycles. The minimum atomic E-state index is -0.973. The molecular weight excluding hydrogens is 385 g/mol. The Hall–Kier alpha value is -3.15. The van der Waals surface area contributed by atoms with Crippen molar-refractivity contribution in [2.24, 2.45) is 0 Å². The standard InChI is InChI=1S/C24H24FNO4/c1-30-19-14-8-6-12-17(19)22(27)20-21(16-11-5-7-13-18(16)25)26(24(29)23(20)28)15-9-3-2-4-10-15/h5-8,11-15,21,27H,2-4,9-10H2,1H3/b22-20-. The van der Waals surface area contributed by atoms with Crippen molar-refractivity contribution in [2.75, 3.05) is 7.11 Å². The summed E-state index contributed by atoms with van der Waals surface area (Å²) in [6, 6.07) is 11.7. The molecule has 5 nitrogen and oxygen atoms in total. The van der Waals surface area contributed by atoms with Crippen LogP contribution in [0.25, 0.3) is 5.76 Å². The number of ketones is 1. The zero-order chi connectivity index (χ0) is 21.3. The maximum absolute atomic E-state index is 14.8. The van der Waals surface area contributed by atoms with Gasteiger partial charge in [-0.1, -0.05) is 49.6 Å². The zero-order valence-corrected chi connectivity index (χ0v) is 16.8. The van der Waals surface area contributed by atoms with Crippen LogP contribution in [0.15, 0.2) is 54.1 Å². The molecule has 6 heteroatoms. The van der Waals surface area contributed by atoms with Crippen LogP contribution in [0.3, 0.4) is 0 Å². The van der Waals surface area contributed by atoms with Gasteiger partial charge in [-0.05, 0) is 31.0 Å². The van der Waals surface area contributed by atoms with E-state index in [9.17, 15) is 19.1 Å². The Morgan fingerprint density at radius 1 is 1.03 bits per heavy atom. The van der Waals surface area contributed by atoms with Crippen LogP contribution in [-0.4, -0.2) is 34.8 Å². The van der Waals surface area contributed by atoms with Crippen LogP contribution in [-0.2, 0) is 9.59 Å². The van der Waals surface area contributed by atoms with Gasteiger partial charge in [-0.15, -0.1) is 0 Å². The van der Waals surface area contributed by atoms with Crippen LogP contribution in [0.4, 0.5) is 4.39 Å². The topological polar surface area (TPSA) is 66.8 Å². The lowest BCUT2D eigenvalue weighted by Gasteiger charge is -2.35. The molecule has 2 fully saturated rings. The predicted octanol–water partition coefficient (Wildman–Crippen LogP) is 4.59. The number of likely N-dealkylation sites (tertiary alicyclic amines) is 1. The van der Waals surface area contributed by atoms with E-state index in [4.69, 9.17) is 4.74 Å². The fraction of sp³-hybridized carbons (Fsp3) is 0.333. The summed E-state index contributed by atoms with van der Waals surface area (Å²) in [5.74, 6) is -1.98. The van der Waals surface area contributed by atoms with E-state index in [0.29, 0.717) is 11.3 Å². The summed E-state index contributed by atoms with van der Waals surface area (Å²) >= 11 is 0. The number of benzene rings is 2. The molecule has 1 aliphatic heterocycles. The molecule has 30 heavy (non-hydrogen) atoms. The number of ether oxygens (including phenoxy) is 1. The molecule has 0 aromatic heterocycles. The lowest BCUT2D eigenvalue weighted by Crippen LogP contribution is -2.40. The summed E-state index contributed by atoms with van der Waals surface area (Å²) in [5.41, 5.74) is 0.405. The fourth-order valence-corrected chi connectivity index (χ4v) is 4.57. The first-order chi connectivity index (χ1) is 14.5. The van der Waals surface area contributed by atoms with Gasteiger partial charge < -0.3 is 14.7 Å². The number of aliphatic hydroxyl groups is 1. The summed E-state index contributed by atoms with van der Waals surface area (Å²) in [5, 5.41) is 11.1. The van der Waals surface area contributed by atoms with Gasteiger partial charge in [0.05, 0.1) is 24.3 Å². The SMILES string of the molecule is COc1ccccc1/C(O)=C1/C(=O)C(=O)N(C2CCCCC2)C1c1ccccc1F. The smallest absolute Gasteiger partial charge is 0.295 e. The number of hydrogen-bond donors (Lipinski definition) is 1. The number of aliphatic hydroxyl groups excluding tert-OH is 1. The lowest BCUT2D eigenvalue weighted by molar-refractivity contribution is -0.141. The molecule has 4 rings (SSSR count). The molecule has 156 valence electrons. The molecule has 1 aliphatic carbocycles. The van der Waals surface area contributed by atoms with Crippen LogP contribution in [0.2, 0.25) is 0 Å². The van der Waals surface area contributed by atoms with Gasteiger partial charge in [0.15, 0.2) is 0 Å². The second-order valence-corrected chi connectivity index (χ2v) is 7.72. The van der Waals surface area contributed by atoms with Crippen molar-refractivity contribution in [3.05, 3.63) is 71.0 Å². The van der Waals surface area contributed by atoms with Crippen LogP contribution in [0, 0.1) is 5.82 Å². The number of amides is 1. The first-order valence-electron chi connectivity index (χ1n) is 10.2. The van der Waals surface area contributed by atoms with Gasteiger partial charge in [0.2, 0.25) is 0 Å². The number of para-hydroxylation sites is 1. The number of methoxy groups -OCH3 is 1. The largest absolute Gasteiger partial charge is 0.507 e. The summed E-state index contributed by atoms with van der Waals surface area (Å²) in [7, 11) is 1.46.